The van der Waals surface area contributed by atoms with Gasteiger partial charge < -0.3 is 4.74 Å². The molecule has 0 saturated heterocycles. The number of aromatic nitrogens is 2. The van der Waals surface area contributed by atoms with Crippen molar-refractivity contribution in [2.75, 3.05) is 0 Å². The van der Waals surface area contributed by atoms with E-state index in [1.165, 1.54) is 6.07 Å². The van der Waals surface area contributed by atoms with Crippen LogP contribution in [0.5, 0.6) is 0 Å². The molecule has 2 rings (SSSR count). The molecule has 1 saturated carbocycles. The highest BCUT2D eigenvalue weighted by Crippen LogP contribution is 2.36. The van der Waals surface area contributed by atoms with E-state index in [1.807, 2.05) is 0 Å². The van der Waals surface area contributed by atoms with E-state index in [9.17, 15) is 4.79 Å². The van der Waals surface area contributed by atoms with Crippen molar-refractivity contribution in [2.24, 2.45) is 5.41 Å². The third kappa shape index (κ3) is 3.80. The number of nitrogens with zero attached hydrogens (tertiary/aromatic N) is 2. The summed E-state index contributed by atoms with van der Waals surface area (Å²) in [7, 11) is 0. The van der Waals surface area contributed by atoms with Crippen molar-refractivity contribution < 1.29 is 9.53 Å². The molecule has 1 fully saturated rings. The minimum absolute atomic E-state index is 0.0190. The zero-order chi connectivity index (χ0) is 14.0. The zero-order valence-electron chi connectivity index (χ0n) is 10.9. The molecule has 1 aromatic rings. The summed E-state index contributed by atoms with van der Waals surface area (Å²) in [6.07, 6.45) is 3.80. The van der Waals surface area contributed by atoms with Gasteiger partial charge >= 0.3 is 5.97 Å². The Morgan fingerprint density at radius 3 is 2.58 bits per heavy atom. The summed E-state index contributed by atoms with van der Waals surface area (Å²) in [5, 5.41) is 7.31. The standard InChI is InChI=1S/C13H16Cl2N2O2/c1-13(2)5-3-8(4-6-13)19-12(18)9-7-10(14)16-17-11(9)15/h7-8H,3-6H2,1-2H3. The van der Waals surface area contributed by atoms with E-state index in [4.69, 9.17) is 27.9 Å². The molecule has 0 aliphatic heterocycles. The first-order chi connectivity index (χ1) is 8.87. The van der Waals surface area contributed by atoms with Crippen LogP contribution in [0.1, 0.15) is 49.9 Å². The van der Waals surface area contributed by atoms with Gasteiger partial charge in [0.1, 0.15) is 11.7 Å². The second-order valence-electron chi connectivity index (χ2n) is 5.64. The fraction of sp³-hybridized carbons (Fsp3) is 0.615. The minimum Gasteiger partial charge on any atom is -0.459 e. The van der Waals surface area contributed by atoms with Crippen LogP contribution in [0.25, 0.3) is 0 Å². The van der Waals surface area contributed by atoms with Crippen molar-refractivity contribution in [1.29, 1.82) is 0 Å². The maximum atomic E-state index is 12.0. The van der Waals surface area contributed by atoms with Crippen LogP contribution in [0.15, 0.2) is 6.07 Å². The largest absolute Gasteiger partial charge is 0.459 e. The first-order valence-electron chi connectivity index (χ1n) is 6.27. The van der Waals surface area contributed by atoms with Gasteiger partial charge in [-0.1, -0.05) is 37.0 Å². The van der Waals surface area contributed by atoms with E-state index >= 15 is 0 Å². The van der Waals surface area contributed by atoms with Gasteiger partial charge in [0.25, 0.3) is 0 Å². The van der Waals surface area contributed by atoms with Gasteiger partial charge in [0.05, 0.1) is 0 Å². The van der Waals surface area contributed by atoms with Crippen LogP contribution in [0.3, 0.4) is 0 Å². The molecule has 1 aromatic heterocycles. The molecule has 0 spiro atoms. The van der Waals surface area contributed by atoms with Gasteiger partial charge in [-0.2, -0.15) is 0 Å². The van der Waals surface area contributed by atoms with Gasteiger partial charge in [-0.25, -0.2) is 4.79 Å². The summed E-state index contributed by atoms with van der Waals surface area (Å²) >= 11 is 11.5. The van der Waals surface area contributed by atoms with Gasteiger partial charge in [-0.15, -0.1) is 10.2 Å². The number of ether oxygens (including phenoxy) is 1. The van der Waals surface area contributed by atoms with E-state index in [0.717, 1.165) is 25.7 Å². The van der Waals surface area contributed by atoms with Crippen LogP contribution in [-0.2, 0) is 4.74 Å². The Morgan fingerprint density at radius 1 is 1.32 bits per heavy atom. The predicted molar refractivity (Wildman–Crippen MR) is 73.5 cm³/mol. The molecule has 19 heavy (non-hydrogen) atoms. The zero-order valence-corrected chi connectivity index (χ0v) is 12.5. The highest BCUT2D eigenvalue weighted by atomic mass is 35.5. The van der Waals surface area contributed by atoms with Crippen molar-refractivity contribution >= 4 is 29.2 Å². The number of esters is 1. The van der Waals surface area contributed by atoms with E-state index < -0.39 is 5.97 Å². The summed E-state index contributed by atoms with van der Waals surface area (Å²) in [6, 6.07) is 1.38. The molecule has 104 valence electrons. The van der Waals surface area contributed by atoms with Gasteiger partial charge in [0.15, 0.2) is 10.3 Å². The summed E-state index contributed by atoms with van der Waals surface area (Å²) in [5.41, 5.74) is 0.508. The monoisotopic (exact) mass is 302 g/mol. The van der Waals surface area contributed by atoms with Crippen LogP contribution < -0.4 is 0 Å². The van der Waals surface area contributed by atoms with Crippen molar-refractivity contribution in [3.05, 3.63) is 21.9 Å². The quantitative estimate of drug-likeness (QED) is 0.777. The molecule has 4 nitrogen and oxygen atoms in total. The van der Waals surface area contributed by atoms with Crippen LogP contribution in [0.4, 0.5) is 0 Å². The molecular weight excluding hydrogens is 287 g/mol. The molecule has 1 heterocycles. The lowest BCUT2D eigenvalue weighted by molar-refractivity contribution is 0.00947. The molecular formula is C13H16Cl2N2O2. The van der Waals surface area contributed by atoms with E-state index in [1.54, 1.807) is 0 Å². The molecule has 0 bridgehead atoms. The van der Waals surface area contributed by atoms with Gasteiger partial charge in [0.2, 0.25) is 0 Å². The molecule has 0 aromatic carbocycles. The maximum absolute atomic E-state index is 12.0. The van der Waals surface area contributed by atoms with Gasteiger partial charge in [-0.05, 0) is 37.2 Å². The second-order valence-corrected chi connectivity index (χ2v) is 6.39. The Kier molecular flexibility index (Phi) is 4.31. The predicted octanol–water partition coefficient (Wildman–Crippen LogP) is 3.91. The van der Waals surface area contributed by atoms with Crippen molar-refractivity contribution in [2.45, 2.75) is 45.6 Å². The first-order valence-corrected chi connectivity index (χ1v) is 7.03. The molecule has 0 atom stereocenters. The molecule has 1 aliphatic rings. The molecule has 1 aliphatic carbocycles. The van der Waals surface area contributed by atoms with Crippen LogP contribution in [0.2, 0.25) is 10.3 Å². The highest BCUT2D eigenvalue weighted by Gasteiger charge is 2.29. The third-order valence-electron chi connectivity index (χ3n) is 3.50. The van der Waals surface area contributed by atoms with Crippen LogP contribution in [-0.4, -0.2) is 22.3 Å². The maximum Gasteiger partial charge on any atom is 0.341 e. The fourth-order valence-corrected chi connectivity index (χ4v) is 2.52. The first kappa shape index (κ1) is 14.5. The number of carbonyl (C=O) groups is 1. The Morgan fingerprint density at radius 2 is 1.95 bits per heavy atom. The average Bonchev–Trinajstić information content (AvgIpc) is 2.35. The summed E-state index contributed by atoms with van der Waals surface area (Å²) in [4.78, 5) is 12.0. The topological polar surface area (TPSA) is 52.1 Å². The van der Waals surface area contributed by atoms with Crippen LogP contribution in [0, 0.1) is 5.41 Å². The number of halogens is 2. The normalized spacial score (nSPS) is 19.2. The van der Waals surface area contributed by atoms with Crippen LogP contribution >= 0.6 is 23.2 Å². The lowest BCUT2D eigenvalue weighted by Gasteiger charge is -2.33. The Bertz CT molecular complexity index is 482. The second kappa shape index (κ2) is 5.63. The lowest BCUT2D eigenvalue weighted by atomic mass is 9.76. The lowest BCUT2D eigenvalue weighted by Crippen LogP contribution is -2.28. The van der Waals surface area contributed by atoms with Gasteiger partial charge in [0, 0.05) is 0 Å². The Labute approximate surface area is 122 Å². The number of hydrogen-bond acceptors (Lipinski definition) is 4. The number of rotatable bonds is 2. The van der Waals surface area contributed by atoms with Crippen molar-refractivity contribution in [1.82, 2.24) is 10.2 Å². The molecule has 0 unspecified atom stereocenters. The number of hydrogen-bond donors (Lipinski definition) is 0. The average molecular weight is 303 g/mol. The highest BCUT2D eigenvalue weighted by molar-refractivity contribution is 6.33. The van der Waals surface area contributed by atoms with Crippen molar-refractivity contribution in [3.8, 4) is 0 Å². The minimum atomic E-state index is -0.480. The molecule has 0 amide bonds. The smallest absolute Gasteiger partial charge is 0.341 e. The SMILES string of the molecule is CC1(C)CCC(OC(=O)c2cc(Cl)nnc2Cl)CC1. The third-order valence-corrected chi connectivity index (χ3v) is 3.96. The Balaban J connectivity index is 2.00. The Hall–Kier alpha value is -0.870. The van der Waals surface area contributed by atoms with Gasteiger partial charge in [-0.3, -0.25) is 0 Å². The molecule has 6 heteroatoms. The van der Waals surface area contributed by atoms with E-state index in [-0.39, 0.29) is 22.0 Å². The summed E-state index contributed by atoms with van der Waals surface area (Å²) in [6.45, 7) is 4.46. The van der Waals surface area contributed by atoms with E-state index in [2.05, 4.69) is 24.0 Å². The summed E-state index contributed by atoms with van der Waals surface area (Å²) < 4.78 is 5.46. The number of carbonyl (C=O) groups excluding carboxylic acids is 1. The fourth-order valence-electron chi connectivity index (χ4n) is 2.20. The van der Waals surface area contributed by atoms with E-state index in [0.29, 0.717) is 5.41 Å². The summed E-state index contributed by atoms with van der Waals surface area (Å²) in [5.74, 6) is -0.480. The molecule has 0 N–H and O–H groups in total. The van der Waals surface area contributed by atoms with Crippen molar-refractivity contribution in [3.63, 3.8) is 0 Å². The molecule has 0 radical (unpaired) electrons.